The summed E-state index contributed by atoms with van der Waals surface area (Å²) in [5, 5.41) is 21.4. The van der Waals surface area contributed by atoms with Gasteiger partial charge in [0.2, 0.25) is 5.91 Å². The fourth-order valence-corrected chi connectivity index (χ4v) is 4.65. The number of likely N-dealkylation sites (tertiary alicyclic amines) is 1. The number of carboxylic acid groups (broad SMARTS) is 1. The maximum Gasteiger partial charge on any atom is 0.490 e. The normalized spacial score (nSPS) is 14.7. The van der Waals surface area contributed by atoms with Crippen LogP contribution in [-0.4, -0.2) is 78.3 Å². The van der Waals surface area contributed by atoms with Crippen LogP contribution in [-0.2, 0) is 9.59 Å². The first-order chi connectivity index (χ1) is 21.3. The van der Waals surface area contributed by atoms with Crippen molar-refractivity contribution in [1.29, 1.82) is 0 Å². The summed E-state index contributed by atoms with van der Waals surface area (Å²) < 4.78 is 42.7. The molecule has 1 fully saturated rings. The van der Waals surface area contributed by atoms with Crippen LogP contribution in [0.15, 0.2) is 48.5 Å². The lowest BCUT2D eigenvalue weighted by molar-refractivity contribution is -0.192. The smallest absolute Gasteiger partial charge is 0.490 e. The van der Waals surface area contributed by atoms with Crippen LogP contribution in [0.1, 0.15) is 80.8 Å². The highest BCUT2D eigenvalue weighted by atomic mass is 19.4. The van der Waals surface area contributed by atoms with Gasteiger partial charge in [-0.15, -0.1) is 0 Å². The highest BCUT2D eigenvalue weighted by molar-refractivity contribution is 5.96. The Hall–Kier alpha value is -3.64. The van der Waals surface area contributed by atoms with Crippen LogP contribution in [0.2, 0.25) is 0 Å². The van der Waals surface area contributed by atoms with E-state index in [1.165, 1.54) is 0 Å². The third kappa shape index (κ3) is 14.3. The SMILES string of the molecule is COc1ccc(C(=O)CCCCC(=O)N[C@H](CN2CCCC2)[C@H](O)c2ccc(OCCC(C)C)cc2)cc1.O=C(O)C(F)(F)F. The zero-order chi connectivity index (χ0) is 33.4. The van der Waals surface area contributed by atoms with Gasteiger partial charge in [0.05, 0.1) is 19.8 Å². The highest BCUT2D eigenvalue weighted by Crippen LogP contribution is 2.23. The van der Waals surface area contributed by atoms with Crippen LogP contribution in [0.3, 0.4) is 0 Å². The molecule has 45 heavy (non-hydrogen) atoms. The lowest BCUT2D eigenvalue weighted by atomic mass is 10.0. The van der Waals surface area contributed by atoms with Crippen LogP contribution in [0.5, 0.6) is 11.5 Å². The minimum Gasteiger partial charge on any atom is -0.497 e. The number of ether oxygens (including phenoxy) is 2. The summed E-state index contributed by atoms with van der Waals surface area (Å²) in [4.78, 5) is 36.4. The fourth-order valence-electron chi connectivity index (χ4n) is 4.65. The predicted octanol–water partition coefficient (Wildman–Crippen LogP) is 5.81. The molecule has 2 aromatic carbocycles. The number of nitrogens with zero attached hydrogens (tertiary/aromatic N) is 1. The Kier molecular flexibility index (Phi) is 15.9. The zero-order valence-electron chi connectivity index (χ0n) is 26.1. The maximum absolute atomic E-state index is 12.8. The molecular weight excluding hydrogens is 593 g/mol. The van der Waals surface area contributed by atoms with Gasteiger partial charge in [-0.25, -0.2) is 4.79 Å². The number of hydrogen-bond acceptors (Lipinski definition) is 7. The molecule has 3 N–H and O–H groups in total. The number of methoxy groups -OCH3 is 1. The Morgan fingerprint density at radius 3 is 2.02 bits per heavy atom. The molecule has 1 amide bonds. The van der Waals surface area contributed by atoms with E-state index in [-0.39, 0.29) is 11.7 Å². The first-order valence-corrected chi connectivity index (χ1v) is 15.2. The summed E-state index contributed by atoms with van der Waals surface area (Å²) in [6.07, 6.45) is -0.668. The third-order valence-electron chi connectivity index (χ3n) is 7.28. The Morgan fingerprint density at radius 1 is 0.933 bits per heavy atom. The van der Waals surface area contributed by atoms with Gasteiger partial charge in [-0.1, -0.05) is 26.0 Å². The van der Waals surface area contributed by atoms with E-state index >= 15 is 0 Å². The van der Waals surface area contributed by atoms with Crippen molar-refractivity contribution in [2.45, 2.75) is 77.1 Å². The number of rotatable bonds is 16. The van der Waals surface area contributed by atoms with E-state index in [0.717, 1.165) is 49.4 Å². The van der Waals surface area contributed by atoms with Gasteiger partial charge in [-0.2, -0.15) is 13.2 Å². The molecule has 0 aromatic heterocycles. The van der Waals surface area contributed by atoms with E-state index in [9.17, 15) is 27.9 Å². The first-order valence-electron chi connectivity index (χ1n) is 15.2. The lowest BCUT2D eigenvalue weighted by Gasteiger charge is -2.29. The molecule has 0 spiro atoms. The third-order valence-corrected chi connectivity index (χ3v) is 7.28. The molecule has 0 radical (unpaired) electrons. The van der Waals surface area contributed by atoms with Crippen molar-refractivity contribution in [2.75, 3.05) is 33.4 Å². The van der Waals surface area contributed by atoms with Crippen LogP contribution in [0, 0.1) is 5.92 Å². The molecule has 0 unspecified atom stereocenters. The van der Waals surface area contributed by atoms with Crippen LogP contribution < -0.4 is 14.8 Å². The number of aliphatic hydroxyl groups is 1. The van der Waals surface area contributed by atoms with Gasteiger partial charge in [0.25, 0.3) is 0 Å². The number of nitrogens with one attached hydrogen (secondary N) is 1. The summed E-state index contributed by atoms with van der Waals surface area (Å²) >= 11 is 0. The minimum atomic E-state index is -5.08. The molecular formula is C33H45F3N2O7. The van der Waals surface area contributed by atoms with Crippen molar-refractivity contribution < 1.29 is 47.2 Å². The van der Waals surface area contributed by atoms with Gasteiger partial charge in [-0.05, 0) is 93.1 Å². The van der Waals surface area contributed by atoms with Gasteiger partial charge in [0.15, 0.2) is 5.78 Å². The van der Waals surface area contributed by atoms with E-state index in [0.29, 0.717) is 50.3 Å². The average Bonchev–Trinajstić information content (AvgIpc) is 3.52. The Morgan fingerprint density at radius 2 is 1.49 bits per heavy atom. The molecule has 1 heterocycles. The number of Topliss-reactive ketones (excluding diaryl/α,β-unsaturated/α-hetero) is 1. The Bertz CT molecular complexity index is 1180. The zero-order valence-corrected chi connectivity index (χ0v) is 26.1. The second-order valence-electron chi connectivity index (χ2n) is 11.4. The largest absolute Gasteiger partial charge is 0.497 e. The number of aliphatic carboxylic acids is 1. The number of ketones is 1. The van der Waals surface area contributed by atoms with E-state index < -0.39 is 24.3 Å². The summed E-state index contributed by atoms with van der Waals surface area (Å²) in [6, 6.07) is 14.2. The summed E-state index contributed by atoms with van der Waals surface area (Å²) in [5.74, 6) is -0.709. The molecule has 1 saturated heterocycles. The number of carbonyl (C=O) groups excluding carboxylic acids is 2. The summed E-state index contributed by atoms with van der Waals surface area (Å²) in [7, 11) is 1.59. The van der Waals surface area contributed by atoms with Crippen LogP contribution >= 0.6 is 0 Å². The topological polar surface area (TPSA) is 125 Å². The number of benzene rings is 2. The molecule has 1 aliphatic rings. The number of alkyl halides is 3. The fraction of sp³-hybridized carbons (Fsp3) is 0.545. The molecule has 2 atom stereocenters. The van der Waals surface area contributed by atoms with Crippen LogP contribution in [0.25, 0.3) is 0 Å². The molecule has 250 valence electrons. The molecule has 0 bridgehead atoms. The quantitative estimate of drug-likeness (QED) is 0.155. The molecule has 2 aromatic rings. The highest BCUT2D eigenvalue weighted by Gasteiger charge is 2.38. The van der Waals surface area contributed by atoms with Gasteiger partial charge in [0.1, 0.15) is 17.6 Å². The molecule has 12 heteroatoms. The van der Waals surface area contributed by atoms with Gasteiger partial charge < -0.3 is 29.9 Å². The summed E-state index contributed by atoms with van der Waals surface area (Å²) in [6.45, 7) is 7.57. The lowest BCUT2D eigenvalue weighted by Crippen LogP contribution is -2.46. The number of halogens is 3. The van der Waals surface area contributed by atoms with Crippen molar-refractivity contribution in [3.63, 3.8) is 0 Å². The van der Waals surface area contributed by atoms with Crippen molar-refractivity contribution >= 4 is 17.7 Å². The van der Waals surface area contributed by atoms with Gasteiger partial charge in [0, 0.05) is 24.9 Å². The number of carboxylic acids is 1. The second kappa shape index (κ2) is 19.0. The number of aliphatic hydroxyl groups excluding tert-OH is 1. The van der Waals surface area contributed by atoms with Gasteiger partial charge in [-0.3, -0.25) is 9.59 Å². The van der Waals surface area contributed by atoms with Crippen molar-refractivity contribution in [3.05, 3.63) is 59.7 Å². The van der Waals surface area contributed by atoms with E-state index in [2.05, 4.69) is 24.1 Å². The Balaban J connectivity index is 0.000000900. The number of unbranched alkanes of at least 4 members (excludes halogenated alkanes) is 1. The predicted molar refractivity (Wildman–Crippen MR) is 163 cm³/mol. The Labute approximate surface area is 262 Å². The number of hydrogen-bond donors (Lipinski definition) is 3. The van der Waals surface area contributed by atoms with E-state index in [1.54, 1.807) is 31.4 Å². The number of carbonyl (C=O) groups is 3. The monoisotopic (exact) mass is 638 g/mol. The summed E-state index contributed by atoms with van der Waals surface area (Å²) in [5.41, 5.74) is 1.41. The molecule has 0 aliphatic carbocycles. The van der Waals surface area contributed by atoms with Crippen molar-refractivity contribution in [3.8, 4) is 11.5 Å². The maximum atomic E-state index is 12.8. The first kappa shape index (κ1) is 37.5. The van der Waals surface area contributed by atoms with Crippen LogP contribution in [0.4, 0.5) is 13.2 Å². The van der Waals surface area contributed by atoms with E-state index in [1.807, 2.05) is 24.3 Å². The van der Waals surface area contributed by atoms with Gasteiger partial charge >= 0.3 is 12.1 Å². The molecule has 0 saturated carbocycles. The number of amides is 1. The molecule has 1 aliphatic heterocycles. The standard InChI is InChI=1S/C31H44N2O5.C2HF3O2/c1-23(2)18-21-38-27-16-12-25(13-17-27)31(36)28(22-33-19-6-7-20-33)32-30(35)9-5-4-8-29(34)24-10-14-26(37-3)15-11-24;3-2(4,5)1(6)7/h10-17,23,28,31,36H,4-9,18-22H2,1-3H3,(H,32,35);(H,6,7)/t28-,31-;/m1./s1. The minimum absolute atomic E-state index is 0.0621. The second-order valence-corrected chi connectivity index (χ2v) is 11.4. The molecule has 9 nitrogen and oxygen atoms in total. The van der Waals surface area contributed by atoms with Crippen molar-refractivity contribution in [2.24, 2.45) is 5.92 Å². The van der Waals surface area contributed by atoms with Crippen molar-refractivity contribution in [1.82, 2.24) is 10.2 Å². The molecule has 3 rings (SSSR count). The average molecular weight is 639 g/mol. The van der Waals surface area contributed by atoms with E-state index in [4.69, 9.17) is 19.4 Å².